The third-order valence-electron chi connectivity index (χ3n) is 8.03. The molecule has 32 heavy (non-hydrogen) atoms. The number of primary amides is 1. The molecular weight excluding hydrogens is 416 g/mol. The highest BCUT2D eigenvalue weighted by Crippen LogP contribution is 2.63. The average Bonchev–Trinajstić information content (AvgIpc) is 3.03. The summed E-state index contributed by atoms with van der Waals surface area (Å²) in [5, 5.41) is 44.1. The number of Topliss-reactive ketones (excluding diaryl/α,β-unsaturated/α-hetero) is 2. The number of benzene rings is 1. The molecule has 9 heteroatoms. The van der Waals surface area contributed by atoms with Gasteiger partial charge in [-0.1, -0.05) is 0 Å². The van der Waals surface area contributed by atoms with Crippen LogP contribution in [0.15, 0.2) is 23.0 Å². The molecule has 1 heterocycles. The van der Waals surface area contributed by atoms with E-state index >= 15 is 0 Å². The van der Waals surface area contributed by atoms with E-state index in [-0.39, 0.29) is 23.3 Å². The topological polar surface area (TPSA) is 161 Å². The van der Waals surface area contributed by atoms with E-state index in [1.54, 1.807) is 6.07 Å². The molecule has 4 atom stereocenters. The molecule has 2 bridgehead atoms. The molecule has 0 spiro atoms. The summed E-state index contributed by atoms with van der Waals surface area (Å²) in [6.45, 7) is 2.38. The maximum Gasteiger partial charge on any atom is 0.255 e. The largest absolute Gasteiger partial charge is 0.508 e. The van der Waals surface area contributed by atoms with Crippen LogP contribution in [0, 0.1) is 11.8 Å². The van der Waals surface area contributed by atoms with Crippen molar-refractivity contribution >= 4 is 23.2 Å². The second kappa shape index (κ2) is 5.99. The van der Waals surface area contributed by atoms with Gasteiger partial charge in [-0.2, -0.15) is 0 Å². The summed E-state index contributed by atoms with van der Waals surface area (Å²) in [5.74, 6) is -6.54. The van der Waals surface area contributed by atoms with Crippen LogP contribution < -0.4 is 5.73 Å². The molecule has 0 unspecified atom stereocenters. The van der Waals surface area contributed by atoms with Crippen LogP contribution in [0.4, 0.5) is 0 Å². The van der Waals surface area contributed by atoms with Crippen LogP contribution in [-0.2, 0) is 27.3 Å². The van der Waals surface area contributed by atoms with Crippen molar-refractivity contribution in [1.82, 2.24) is 4.90 Å². The molecule has 1 saturated carbocycles. The number of hydrogen-bond acceptors (Lipinski definition) is 8. The fourth-order valence-electron chi connectivity index (χ4n) is 6.57. The van der Waals surface area contributed by atoms with Gasteiger partial charge >= 0.3 is 0 Å². The summed E-state index contributed by atoms with van der Waals surface area (Å²) >= 11 is 0. The molecule has 1 aromatic carbocycles. The van der Waals surface area contributed by atoms with Gasteiger partial charge in [0.15, 0.2) is 11.4 Å². The lowest BCUT2D eigenvalue weighted by atomic mass is 9.56. The standard InChI is InChI=1S/C23H22N2O7/c24-22(31)18-13(27)6-11-15-10-5-9-14(15)8(7-25-2-1-3-25)4-12(26)16(9)19(28)17(10)20(29)23(11,32)21(18)30/h4,10-11,15,26,28,30,32H,1-3,5-7H2,(H2,24,31)/t10-,11+,15-,23-/m0/s1. The molecule has 0 radical (unpaired) electrons. The minimum Gasteiger partial charge on any atom is -0.508 e. The highest BCUT2D eigenvalue weighted by Gasteiger charge is 2.66. The first-order chi connectivity index (χ1) is 15.2. The van der Waals surface area contributed by atoms with Crippen molar-refractivity contribution in [2.24, 2.45) is 17.6 Å². The number of hydrogen-bond donors (Lipinski definition) is 5. The zero-order valence-electron chi connectivity index (χ0n) is 17.1. The molecule has 9 nitrogen and oxygen atoms in total. The number of carbonyl (C=O) groups excluding carboxylic acids is 3. The first-order valence-electron chi connectivity index (χ1n) is 10.7. The van der Waals surface area contributed by atoms with E-state index < -0.39 is 57.9 Å². The van der Waals surface area contributed by atoms with E-state index in [2.05, 4.69) is 4.90 Å². The van der Waals surface area contributed by atoms with Crippen molar-refractivity contribution in [2.75, 3.05) is 13.1 Å². The summed E-state index contributed by atoms with van der Waals surface area (Å²) in [5.41, 5.74) is 4.34. The molecule has 0 aromatic heterocycles. The van der Waals surface area contributed by atoms with Crippen molar-refractivity contribution < 1.29 is 34.8 Å². The number of phenols is 1. The number of fused-ring (bicyclic) bond motifs is 3. The second-order valence-electron chi connectivity index (χ2n) is 9.47. The smallest absolute Gasteiger partial charge is 0.255 e. The number of amides is 1. The Morgan fingerprint density at radius 3 is 2.53 bits per heavy atom. The summed E-state index contributed by atoms with van der Waals surface area (Å²) in [6.07, 6.45) is 1.12. The second-order valence-corrected chi connectivity index (χ2v) is 9.47. The number of aromatic hydroxyl groups is 1. The van der Waals surface area contributed by atoms with Crippen LogP contribution >= 0.6 is 0 Å². The first-order valence-corrected chi connectivity index (χ1v) is 10.7. The molecule has 6 N–H and O–H groups in total. The van der Waals surface area contributed by atoms with Crippen LogP contribution in [0.5, 0.6) is 5.75 Å². The van der Waals surface area contributed by atoms with Crippen LogP contribution in [0.1, 0.15) is 41.0 Å². The summed E-state index contributed by atoms with van der Waals surface area (Å²) in [4.78, 5) is 40.3. The zero-order chi connectivity index (χ0) is 22.7. The molecule has 1 aliphatic heterocycles. The molecular formula is C23H22N2O7. The number of rotatable bonds is 3. The van der Waals surface area contributed by atoms with Crippen molar-refractivity contribution in [1.29, 1.82) is 0 Å². The van der Waals surface area contributed by atoms with Crippen molar-refractivity contribution in [3.8, 4) is 5.75 Å². The lowest BCUT2D eigenvalue weighted by molar-refractivity contribution is -0.149. The van der Waals surface area contributed by atoms with Crippen LogP contribution in [0.25, 0.3) is 5.76 Å². The first kappa shape index (κ1) is 19.5. The maximum absolute atomic E-state index is 13.5. The normalized spacial score (nSPS) is 32.8. The van der Waals surface area contributed by atoms with Gasteiger partial charge < -0.3 is 26.2 Å². The third kappa shape index (κ3) is 2.08. The van der Waals surface area contributed by atoms with Crippen LogP contribution in [0.3, 0.4) is 0 Å². The van der Waals surface area contributed by atoms with Gasteiger partial charge in [-0.3, -0.25) is 19.3 Å². The van der Waals surface area contributed by atoms with E-state index in [4.69, 9.17) is 5.73 Å². The monoisotopic (exact) mass is 438 g/mol. The fourth-order valence-corrected chi connectivity index (χ4v) is 6.57. The van der Waals surface area contributed by atoms with E-state index in [1.165, 1.54) is 0 Å². The van der Waals surface area contributed by atoms with E-state index in [0.717, 1.165) is 30.6 Å². The summed E-state index contributed by atoms with van der Waals surface area (Å²) in [7, 11) is 0. The molecule has 4 aliphatic carbocycles. The number of aliphatic hydroxyl groups is 3. The average molecular weight is 438 g/mol. The van der Waals surface area contributed by atoms with Gasteiger partial charge in [-0.15, -0.1) is 0 Å². The number of nitrogens with zero attached hydrogens (tertiary/aromatic N) is 1. The Balaban J connectivity index is 1.63. The molecule has 2 fully saturated rings. The van der Waals surface area contributed by atoms with Gasteiger partial charge in [0.25, 0.3) is 5.91 Å². The van der Waals surface area contributed by atoms with Gasteiger partial charge in [0.2, 0.25) is 5.78 Å². The maximum atomic E-state index is 13.5. The SMILES string of the molecule is NC(=O)C1=C(O)[C@@]2(O)C(=O)C3=C(O)c4c(O)cc(CN5CCC5)c5c4C[C@H]3[C@H]5[C@H]2CC1=O. The minimum absolute atomic E-state index is 0.0858. The number of nitrogens with two attached hydrogens (primary N) is 1. The molecule has 1 saturated heterocycles. The summed E-state index contributed by atoms with van der Waals surface area (Å²) < 4.78 is 0. The Hall–Kier alpha value is -3.17. The summed E-state index contributed by atoms with van der Waals surface area (Å²) in [6, 6.07) is 1.59. The lowest BCUT2D eigenvalue weighted by Crippen LogP contribution is -2.60. The fraction of sp³-hybridized carbons (Fsp3) is 0.435. The van der Waals surface area contributed by atoms with Gasteiger partial charge in [-0.25, -0.2) is 0 Å². The highest BCUT2D eigenvalue weighted by atomic mass is 16.3. The van der Waals surface area contributed by atoms with E-state index in [0.29, 0.717) is 18.5 Å². The molecule has 5 aliphatic rings. The van der Waals surface area contributed by atoms with E-state index in [1.807, 2.05) is 0 Å². The Morgan fingerprint density at radius 1 is 1.19 bits per heavy atom. The predicted molar refractivity (Wildman–Crippen MR) is 109 cm³/mol. The Kier molecular flexibility index (Phi) is 3.65. The third-order valence-corrected chi connectivity index (χ3v) is 8.03. The predicted octanol–water partition coefficient (Wildman–Crippen LogP) is 0.337. The van der Waals surface area contributed by atoms with Crippen molar-refractivity contribution in [3.05, 3.63) is 45.2 Å². The number of aliphatic hydroxyl groups excluding tert-OH is 2. The Labute approximate surface area is 182 Å². The molecule has 6 rings (SSSR count). The van der Waals surface area contributed by atoms with Gasteiger partial charge in [0.05, 0.1) is 5.56 Å². The minimum atomic E-state index is -2.55. The van der Waals surface area contributed by atoms with Gasteiger partial charge in [-0.05, 0) is 54.6 Å². The van der Waals surface area contributed by atoms with Gasteiger partial charge in [0.1, 0.15) is 22.8 Å². The quantitative estimate of drug-likeness (QED) is 0.422. The number of likely N-dealkylation sites (tertiary alicyclic amines) is 1. The van der Waals surface area contributed by atoms with Crippen LogP contribution in [-0.4, -0.2) is 61.5 Å². The Morgan fingerprint density at radius 2 is 1.91 bits per heavy atom. The molecule has 1 amide bonds. The van der Waals surface area contributed by atoms with Gasteiger partial charge in [0, 0.05) is 30.4 Å². The van der Waals surface area contributed by atoms with Crippen LogP contribution in [0.2, 0.25) is 0 Å². The van der Waals surface area contributed by atoms with Crippen molar-refractivity contribution in [3.63, 3.8) is 0 Å². The van der Waals surface area contributed by atoms with E-state index in [9.17, 15) is 34.8 Å². The number of carbonyl (C=O) groups is 3. The lowest BCUT2D eigenvalue weighted by Gasteiger charge is -2.48. The Bertz CT molecular complexity index is 1230. The van der Waals surface area contributed by atoms with Crippen molar-refractivity contribution in [2.45, 2.75) is 37.3 Å². The zero-order valence-corrected chi connectivity index (χ0v) is 17.1. The molecule has 1 aromatic rings. The number of ketones is 2. The molecule has 166 valence electrons. The number of phenolic OH excluding ortho intramolecular Hbond substituents is 1. The highest BCUT2D eigenvalue weighted by molar-refractivity contribution is 6.23.